The number of aliphatic hydroxyl groups is 1. The van der Waals surface area contributed by atoms with Gasteiger partial charge in [0.2, 0.25) is 0 Å². The van der Waals surface area contributed by atoms with E-state index in [1.54, 1.807) is 0 Å². The standard InChI is InChI=1S/C11H18N5O12P3/c1-24-29(18,19)27-31(22,23)28-30(20,21)25-3-7-6(17)2-8(26-7)16-5-15-9-10(12)13-4-14-11(9)16/h4-8,17H,2-3H2,1H3,(H,18,19)(H,20,21)(H,22,23)(H2,12,13,14)/t6?,7-,8-/m1/s1. The van der Waals surface area contributed by atoms with Crippen LogP contribution in [0.5, 0.6) is 0 Å². The maximum Gasteiger partial charge on any atom is 0.490 e. The molecule has 0 aliphatic carbocycles. The lowest BCUT2D eigenvalue weighted by molar-refractivity contribution is -0.0423. The van der Waals surface area contributed by atoms with Crippen LogP contribution in [-0.2, 0) is 36.1 Å². The van der Waals surface area contributed by atoms with E-state index >= 15 is 0 Å². The van der Waals surface area contributed by atoms with E-state index in [1.807, 2.05) is 0 Å². The maximum absolute atomic E-state index is 11.9. The fraction of sp³-hybridized carbons (Fsp3) is 0.545. The van der Waals surface area contributed by atoms with Gasteiger partial charge in [-0.15, -0.1) is 0 Å². The van der Waals surface area contributed by atoms with Crippen molar-refractivity contribution in [1.29, 1.82) is 0 Å². The largest absolute Gasteiger partial charge is 0.490 e. The highest BCUT2D eigenvalue weighted by atomic mass is 31.3. The number of nitrogens with two attached hydrogens (primary N) is 1. The first-order valence-corrected chi connectivity index (χ1v) is 12.7. The van der Waals surface area contributed by atoms with Gasteiger partial charge >= 0.3 is 23.5 Å². The Labute approximate surface area is 173 Å². The first kappa shape index (κ1) is 24.3. The van der Waals surface area contributed by atoms with Gasteiger partial charge in [-0.25, -0.2) is 28.6 Å². The average Bonchev–Trinajstić information content (AvgIpc) is 3.22. The Kier molecular flexibility index (Phi) is 6.99. The number of aromatic nitrogens is 4. The minimum Gasteiger partial charge on any atom is -0.390 e. The molecule has 0 aromatic carbocycles. The number of anilines is 1. The maximum atomic E-state index is 11.9. The number of imidazole rings is 1. The van der Waals surface area contributed by atoms with Gasteiger partial charge in [0.25, 0.3) is 0 Å². The van der Waals surface area contributed by atoms with Gasteiger partial charge in [-0.05, 0) is 0 Å². The van der Waals surface area contributed by atoms with Crippen molar-refractivity contribution in [3.63, 3.8) is 0 Å². The Morgan fingerprint density at radius 3 is 2.52 bits per heavy atom. The highest BCUT2D eigenvalue weighted by Gasteiger charge is 2.43. The minimum atomic E-state index is -5.53. The molecule has 1 aliphatic rings. The number of hydrogen-bond acceptors (Lipinski definition) is 13. The Morgan fingerprint density at radius 2 is 1.84 bits per heavy atom. The zero-order valence-corrected chi connectivity index (χ0v) is 18.2. The fourth-order valence-corrected chi connectivity index (χ4v) is 5.88. The molecule has 6 atom stereocenters. The molecule has 1 fully saturated rings. The number of phosphoric acid groups is 3. The van der Waals surface area contributed by atoms with Gasteiger partial charge in [0, 0.05) is 13.5 Å². The third-order valence-corrected chi connectivity index (χ3v) is 8.19. The summed E-state index contributed by atoms with van der Waals surface area (Å²) < 4.78 is 57.8. The molecule has 0 spiro atoms. The van der Waals surface area contributed by atoms with Gasteiger partial charge in [0.15, 0.2) is 11.5 Å². The molecule has 2 aromatic rings. The van der Waals surface area contributed by atoms with Crippen molar-refractivity contribution in [3.8, 4) is 0 Å². The number of ether oxygens (including phenoxy) is 1. The van der Waals surface area contributed by atoms with Crippen LogP contribution in [0.15, 0.2) is 12.7 Å². The van der Waals surface area contributed by atoms with Crippen molar-refractivity contribution < 1.29 is 55.9 Å². The Hall–Kier alpha value is -1.32. The fourth-order valence-electron chi connectivity index (χ4n) is 2.62. The number of nitrogen functional groups attached to an aromatic ring is 1. The summed E-state index contributed by atoms with van der Waals surface area (Å²) in [4.78, 5) is 39.8. The van der Waals surface area contributed by atoms with Crippen molar-refractivity contribution in [2.75, 3.05) is 19.5 Å². The van der Waals surface area contributed by atoms with E-state index in [-0.39, 0.29) is 12.2 Å². The molecule has 6 N–H and O–H groups in total. The molecular formula is C11H18N5O12P3. The molecule has 0 bridgehead atoms. The molecule has 1 saturated heterocycles. The second kappa shape index (κ2) is 8.90. The summed E-state index contributed by atoms with van der Waals surface area (Å²) >= 11 is 0. The van der Waals surface area contributed by atoms with Crippen LogP contribution in [0.2, 0.25) is 0 Å². The minimum absolute atomic E-state index is 0.0170. The number of hydrogen-bond donors (Lipinski definition) is 5. The lowest BCUT2D eigenvalue weighted by Gasteiger charge is -2.19. The van der Waals surface area contributed by atoms with Crippen LogP contribution in [0.1, 0.15) is 12.6 Å². The van der Waals surface area contributed by atoms with E-state index < -0.39 is 48.5 Å². The number of nitrogens with zero attached hydrogens (tertiary/aromatic N) is 4. The highest BCUT2D eigenvalue weighted by molar-refractivity contribution is 7.66. The SMILES string of the molecule is COP(=O)(O)OP(=O)(O)OP(=O)(O)OC[C@H]1O[C@@H](n2cnc3c(N)ncnc32)CC1O. The second-order valence-electron chi connectivity index (χ2n) is 6.06. The molecule has 20 heteroatoms. The van der Waals surface area contributed by atoms with Gasteiger partial charge in [-0.1, -0.05) is 0 Å². The van der Waals surface area contributed by atoms with Crippen LogP contribution in [0.25, 0.3) is 11.2 Å². The van der Waals surface area contributed by atoms with Crippen molar-refractivity contribution in [2.24, 2.45) is 0 Å². The van der Waals surface area contributed by atoms with Gasteiger partial charge < -0.3 is 30.3 Å². The zero-order chi connectivity index (χ0) is 23.0. The molecule has 174 valence electrons. The van der Waals surface area contributed by atoms with E-state index in [4.69, 9.17) is 15.4 Å². The Balaban J connectivity index is 1.63. The first-order valence-electron chi connectivity index (χ1n) is 8.20. The summed E-state index contributed by atoms with van der Waals surface area (Å²) in [6.45, 7) is -0.754. The van der Waals surface area contributed by atoms with E-state index in [2.05, 4.69) is 32.6 Å². The van der Waals surface area contributed by atoms with Crippen LogP contribution in [0, 0.1) is 0 Å². The van der Waals surface area contributed by atoms with Crippen LogP contribution in [0.3, 0.4) is 0 Å². The van der Waals surface area contributed by atoms with Crippen LogP contribution in [-0.4, -0.2) is 65.2 Å². The summed E-state index contributed by atoms with van der Waals surface area (Å²) in [7, 11) is -15.1. The van der Waals surface area contributed by atoms with Crippen LogP contribution < -0.4 is 5.73 Å². The zero-order valence-electron chi connectivity index (χ0n) is 15.6. The third-order valence-electron chi connectivity index (χ3n) is 3.95. The molecule has 0 amide bonds. The van der Waals surface area contributed by atoms with E-state index in [1.165, 1.54) is 17.2 Å². The van der Waals surface area contributed by atoms with Crippen molar-refractivity contribution >= 4 is 40.4 Å². The average molecular weight is 505 g/mol. The number of rotatable bonds is 9. The Morgan fingerprint density at radius 1 is 1.16 bits per heavy atom. The molecular weight excluding hydrogens is 487 g/mol. The molecule has 2 aromatic heterocycles. The number of phosphoric ester groups is 2. The van der Waals surface area contributed by atoms with Crippen molar-refractivity contribution in [1.82, 2.24) is 19.5 Å². The smallest absolute Gasteiger partial charge is 0.390 e. The highest BCUT2D eigenvalue weighted by Crippen LogP contribution is 2.67. The third kappa shape index (κ3) is 5.93. The van der Waals surface area contributed by atoms with Gasteiger partial charge in [0.05, 0.1) is 19.0 Å². The Bertz CT molecular complexity index is 1100. The molecule has 31 heavy (non-hydrogen) atoms. The van der Waals surface area contributed by atoms with E-state index in [0.717, 1.165) is 0 Å². The summed E-state index contributed by atoms with van der Waals surface area (Å²) in [5.74, 6) is 0.136. The number of fused-ring (bicyclic) bond motifs is 1. The molecule has 17 nitrogen and oxygen atoms in total. The van der Waals surface area contributed by atoms with E-state index in [0.29, 0.717) is 18.3 Å². The first-order chi connectivity index (χ1) is 14.3. The van der Waals surface area contributed by atoms with E-state index in [9.17, 15) is 28.6 Å². The topological polar surface area (TPSA) is 248 Å². The predicted octanol–water partition coefficient (Wildman–Crippen LogP) is 0.0543. The normalized spacial score (nSPS) is 27.6. The van der Waals surface area contributed by atoms with Crippen LogP contribution in [0.4, 0.5) is 5.82 Å². The summed E-state index contributed by atoms with van der Waals surface area (Å²) in [6, 6.07) is 0. The molecule has 0 radical (unpaired) electrons. The second-order valence-corrected chi connectivity index (χ2v) is 10.8. The number of aliphatic hydroxyl groups excluding tert-OH is 1. The quantitative estimate of drug-likeness (QED) is 0.282. The molecule has 3 heterocycles. The summed E-state index contributed by atoms with van der Waals surface area (Å²) in [5.41, 5.74) is 6.35. The molecule has 1 aliphatic heterocycles. The van der Waals surface area contributed by atoms with Crippen LogP contribution >= 0.6 is 23.5 Å². The lowest BCUT2D eigenvalue weighted by atomic mass is 10.2. The molecule has 4 unspecified atom stereocenters. The van der Waals surface area contributed by atoms with Gasteiger partial charge in [-0.3, -0.25) is 13.6 Å². The molecule has 0 saturated carbocycles. The summed E-state index contributed by atoms with van der Waals surface area (Å²) in [6.07, 6.45) is -0.540. The summed E-state index contributed by atoms with van der Waals surface area (Å²) in [5, 5.41) is 10.2. The van der Waals surface area contributed by atoms with Gasteiger partial charge in [-0.2, -0.15) is 8.62 Å². The van der Waals surface area contributed by atoms with Gasteiger partial charge in [0.1, 0.15) is 24.2 Å². The molecule has 3 rings (SSSR count). The predicted molar refractivity (Wildman–Crippen MR) is 98.9 cm³/mol. The lowest BCUT2D eigenvalue weighted by Crippen LogP contribution is -2.26. The monoisotopic (exact) mass is 505 g/mol. The van der Waals surface area contributed by atoms with Crippen molar-refractivity contribution in [3.05, 3.63) is 12.7 Å². The van der Waals surface area contributed by atoms with Crippen molar-refractivity contribution in [2.45, 2.75) is 24.9 Å².